The number of para-hydroxylation sites is 2. The molecule has 0 aromatic heterocycles. The van der Waals surface area contributed by atoms with Crippen molar-refractivity contribution in [1.29, 1.82) is 0 Å². The average Bonchev–Trinajstić information content (AvgIpc) is 2.94. The number of thioether (sulfide) groups is 1. The summed E-state index contributed by atoms with van der Waals surface area (Å²) in [5.41, 5.74) is 1.70. The minimum absolute atomic E-state index is 0.140. The predicted octanol–water partition coefficient (Wildman–Crippen LogP) is 4.61. The molecule has 0 atom stereocenters. The first kappa shape index (κ1) is 17.3. The molecular formula is C20H20N2O2S. The molecule has 1 fully saturated rings. The van der Waals surface area contributed by atoms with Crippen LogP contribution in [0.5, 0.6) is 5.75 Å². The highest BCUT2D eigenvalue weighted by molar-refractivity contribution is 8.18. The molecule has 0 unspecified atom stereocenters. The molecule has 3 rings (SSSR count). The van der Waals surface area contributed by atoms with Crippen LogP contribution in [-0.2, 0) is 4.79 Å². The summed E-state index contributed by atoms with van der Waals surface area (Å²) in [6.07, 6.45) is 1.85. The van der Waals surface area contributed by atoms with E-state index in [2.05, 4.69) is 24.2 Å². The van der Waals surface area contributed by atoms with Gasteiger partial charge in [0.1, 0.15) is 5.75 Å². The molecule has 0 spiro atoms. The van der Waals surface area contributed by atoms with Crippen molar-refractivity contribution in [3.63, 3.8) is 0 Å². The molecule has 0 aliphatic carbocycles. The van der Waals surface area contributed by atoms with Crippen molar-refractivity contribution in [3.05, 3.63) is 65.1 Å². The Morgan fingerprint density at radius 1 is 1.12 bits per heavy atom. The van der Waals surface area contributed by atoms with E-state index in [1.54, 1.807) is 0 Å². The quantitative estimate of drug-likeness (QED) is 0.799. The number of nitrogens with one attached hydrogen (secondary N) is 1. The lowest BCUT2D eigenvalue weighted by Gasteiger charge is -2.11. The monoisotopic (exact) mass is 352 g/mol. The van der Waals surface area contributed by atoms with Crippen molar-refractivity contribution < 1.29 is 9.53 Å². The maximum atomic E-state index is 12.2. The van der Waals surface area contributed by atoms with Crippen molar-refractivity contribution in [1.82, 2.24) is 5.32 Å². The number of aliphatic imine (C=N–C) groups is 1. The second kappa shape index (κ2) is 8.03. The smallest absolute Gasteiger partial charge is 0.264 e. The third-order valence-corrected chi connectivity index (χ3v) is 4.33. The Bertz CT molecular complexity index is 813. The molecule has 1 N–H and O–H groups in total. The van der Waals surface area contributed by atoms with Gasteiger partial charge < -0.3 is 10.1 Å². The Hall–Kier alpha value is -2.53. The molecule has 25 heavy (non-hydrogen) atoms. The highest BCUT2D eigenvalue weighted by Crippen LogP contribution is 2.30. The Kier molecular flexibility index (Phi) is 5.56. The van der Waals surface area contributed by atoms with Gasteiger partial charge in [0.25, 0.3) is 5.91 Å². The summed E-state index contributed by atoms with van der Waals surface area (Å²) in [7, 11) is 0. The molecule has 1 amide bonds. The normalized spacial score (nSPS) is 17.3. The third-order valence-electron chi connectivity index (χ3n) is 3.42. The number of rotatable bonds is 5. The molecule has 128 valence electrons. The minimum Gasteiger partial charge on any atom is -0.493 e. The van der Waals surface area contributed by atoms with Gasteiger partial charge in [-0.1, -0.05) is 50.2 Å². The zero-order chi connectivity index (χ0) is 17.6. The minimum atomic E-state index is -0.140. The number of amides is 1. The van der Waals surface area contributed by atoms with Crippen LogP contribution < -0.4 is 10.1 Å². The van der Waals surface area contributed by atoms with Gasteiger partial charge in [-0.2, -0.15) is 0 Å². The first-order valence-corrected chi connectivity index (χ1v) is 9.00. The molecule has 1 heterocycles. The summed E-state index contributed by atoms with van der Waals surface area (Å²) in [6, 6.07) is 17.3. The van der Waals surface area contributed by atoms with Gasteiger partial charge in [0.05, 0.1) is 17.2 Å². The second-order valence-electron chi connectivity index (χ2n) is 6.06. The number of carbonyl (C=O) groups excluding carboxylic acids is 1. The fraction of sp³-hybridized carbons (Fsp3) is 0.200. The van der Waals surface area contributed by atoms with E-state index in [1.807, 2.05) is 60.7 Å². The number of benzene rings is 2. The molecule has 1 saturated heterocycles. The molecule has 2 aromatic rings. The van der Waals surface area contributed by atoms with Crippen molar-refractivity contribution >= 4 is 34.6 Å². The van der Waals surface area contributed by atoms with Crippen LogP contribution in [0.1, 0.15) is 19.4 Å². The van der Waals surface area contributed by atoms with Gasteiger partial charge >= 0.3 is 0 Å². The van der Waals surface area contributed by atoms with Crippen molar-refractivity contribution in [2.75, 3.05) is 6.61 Å². The fourth-order valence-electron chi connectivity index (χ4n) is 2.23. The van der Waals surface area contributed by atoms with Gasteiger partial charge in [-0.05, 0) is 42.0 Å². The summed E-state index contributed by atoms with van der Waals surface area (Å²) in [4.78, 5) is 17.3. The first-order valence-electron chi connectivity index (χ1n) is 8.18. The molecule has 1 aliphatic rings. The van der Waals surface area contributed by atoms with E-state index in [0.717, 1.165) is 17.0 Å². The third kappa shape index (κ3) is 4.73. The zero-order valence-corrected chi connectivity index (χ0v) is 15.0. The predicted molar refractivity (Wildman–Crippen MR) is 104 cm³/mol. The van der Waals surface area contributed by atoms with Crippen LogP contribution in [0.15, 0.2) is 64.5 Å². The SMILES string of the molecule is CC(C)COc1ccccc1/C=C1\SC(=Nc2ccccc2)NC1=O. The zero-order valence-electron chi connectivity index (χ0n) is 14.2. The van der Waals surface area contributed by atoms with E-state index in [-0.39, 0.29) is 5.91 Å². The van der Waals surface area contributed by atoms with Crippen molar-refractivity contribution in [3.8, 4) is 5.75 Å². The summed E-state index contributed by atoms with van der Waals surface area (Å²) in [5, 5.41) is 3.39. The highest BCUT2D eigenvalue weighted by atomic mass is 32.2. The average molecular weight is 352 g/mol. The summed E-state index contributed by atoms with van der Waals surface area (Å²) >= 11 is 1.34. The summed E-state index contributed by atoms with van der Waals surface area (Å²) in [5.74, 6) is 1.08. The fourth-order valence-corrected chi connectivity index (χ4v) is 3.06. The van der Waals surface area contributed by atoms with E-state index in [1.165, 1.54) is 11.8 Å². The van der Waals surface area contributed by atoms with Gasteiger partial charge in [0.15, 0.2) is 5.17 Å². The molecule has 4 nitrogen and oxygen atoms in total. The van der Waals surface area contributed by atoms with Crippen LogP contribution in [0.2, 0.25) is 0 Å². The molecule has 5 heteroatoms. The first-order chi connectivity index (χ1) is 12.1. The van der Waals surface area contributed by atoms with E-state index >= 15 is 0 Å². The van der Waals surface area contributed by atoms with Gasteiger partial charge in [-0.15, -0.1) is 0 Å². The summed E-state index contributed by atoms with van der Waals surface area (Å²) < 4.78 is 5.85. The Morgan fingerprint density at radius 3 is 2.60 bits per heavy atom. The van der Waals surface area contributed by atoms with Gasteiger partial charge in [-0.3, -0.25) is 4.79 Å². The highest BCUT2D eigenvalue weighted by Gasteiger charge is 2.24. The lowest BCUT2D eigenvalue weighted by atomic mass is 10.2. The second-order valence-corrected chi connectivity index (χ2v) is 7.09. The summed E-state index contributed by atoms with van der Waals surface area (Å²) in [6.45, 7) is 4.85. The van der Waals surface area contributed by atoms with Crippen LogP contribution in [0, 0.1) is 5.92 Å². The topological polar surface area (TPSA) is 50.7 Å². The molecule has 1 aliphatic heterocycles. The number of hydrogen-bond acceptors (Lipinski definition) is 4. The molecular weight excluding hydrogens is 332 g/mol. The van der Waals surface area contributed by atoms with Crippen LogP contribution in [0.4, 0.5) is 5.69 Å². The number of hydrogen-bond donors (Lipinski definition) is 1. The number of carbonyl (C=O) groups is 1. The van der Waals surface area contributed by atoms with E-state index < -0.39 is 0 Å². The lowest BCUT2D eigenvalue weighted by Crippen LogP contribution is -2.19. The van der Waals surface area contributed by atoms with E-state index in [9.17, 15) is 4.79 Å². The maximum absolute atomic E-state index is 12.2. The maximum Gasteiger partial charge on any atom is 0.264 e. The van der Waals surface area contributed by atoms with Gasteiger partial charge in [0.2, 0.25) is 0 Å². The molecule has 0 bridgehead atoms. The number of nitrogens with zero attached hydrogens (tertiary/aromatic N) is 1. The van der Waals surface area contributed by atoms with Gasteiger partial charge in [0, 0.05) is 5.56 Å². The van der Waals surface area contributed by atoms with Crippen LogP contribution >= 0.6 is 11.8 Å². The Morgan fingerprint density at radius 2 is 1.84 bits per heavy atom. The van der Waals surface area contributed by atoms with Crippen LogP contribution in [0.3, 0.4) is 0 Å². The molecule has 2 aromatic carbocycles. The number of ether oxygens (including phenoxy) is 1. The molecule has 0 saturated carbocycles. The van der Waals surface area contributed by atoms with E-state index in [4.69, 9.17) is 4.74 Å². The van der Waals surface area contributed by atoms with E-state index in [0.29, 0.717) is 22.6 Å². The lowest BCUT2D eigenvalue weighted by molar-refractivity contribution is -0.115. The molecule has 0 radical (unpaired) electrons. The van der Waals surface area contributed by atoms with Crippen molar-refractivity contribution in [2.45, 2.75) is 13.8 Å². The van der Waals surface area contributed by atoms with Crippen molar-refractivity contribution in [2.24, 2.45) is 10.9 Å². The Balaban J connectivity index is 1.80. The van der Waals surface area contributed by atoms with Crippen LogP contribution in [0.25, 0.3) is 6.08 Å². The van der Waals surface area contributed by atoms with Gasteiger partial charge in [-0.25, -0.2) is 4.99 Å². The number of amidine groups is 1. The largest absolute Gasteiger partial charge is 0.493 e. The standard InChI is InChI=1S/C20H20N2O2S/c1-14(2)13-24-17-11-7-6-8-15(17)12-18-19(23)22-20(25-18)21-16-9-4-3-5-10-16/h3-12,14H,13H2,1-2H3,(H,21,22,23)/b18-12-. The van der Waals surface area contributed by atoms with Crippen LogP contribution in [-0.4, -0.2) is 17.7 Å². The Labute approximate surface area is 152 Å².